The maximum absolute atomic E-state index is 5.94. The Morgan fingerprint density at radius 3 is 1.96 bits per heavy atom. The lowest BCUT2D eigenvalue weighted by Gasteiger charge is -2.28. The van der Waals surface area contributed by atoms with Crippen LogP contribution in [-0.4, -0.2) is 17.1 Å². The summed E-state index contributed by atoms with van der Waals surface area (Å²) in [5.74, 6) is 0.434. The Labute approximate surface area is 164 Å². The second kappa shape index (κ2) is 6.74. The van der Waals surface area contributed by atoms with Gasteiger partial charge in [0.25, 0.3) is 0 Å². The standard InChI is InChI=1S/C24H20N4/c25-24-26-23-22(20-9-5-2-6-10-20)15-21(16-28(23)27-24)19-13-11-18(12-14-19)17-7-3-1-4-8-17/h1-16,23H,(H3,25,26,27). The van der Waals surface area contributed by atoms with Gasteiger partial charge in [0.2, 0.25) is 5.96 Å². The van der Waals surface area contributed by atoms with Crippen molar-refractivity contribution in [3.63, 3.8) is 0 Å². The Hall–Kier alpha value is -3.79. The highest BCUT2D eigenvalue weighted by atomic mass is 15.6. The SMILES string of the molecule is NC1=NC2C(c3ccccc3)=CC(c3ccc(-c4ccccc4)cc3)=CN2N1. The molecule has 0 fully saturated rings. The molecule has 5 rings (SSSR count). The molecule has 3 N–H and O–H groups in total. The van der Waals surface area contributed by atoms with Crippen molar-refractivity contribution in [3.8, 4) is 11.1 Å². The molecular weight excluding hydrogens is 344 g/mol. The van der Waals surface area contributed by atoms with E-state index in [-0.39, 0.29) is 6.17 Å². The van der Waals surface area contributed by atoms with Crippen molar-refractivity contribution in [2.75, 3.05) is 0 Å². The van der Waals surface area contributed by atoms with Crippen LogP contribution < -0.4 is 11.2 Å². The first kappa shape index (κ1) is 16.4. The van der Waals surface area contributed by atoms with Crippen LogP contribution in [0.3, 0.4) is 0 Å². The molecule has 0 bridgehead atoms. The van der Waals surface area contributed by atoms with E-state index in [1.165, 1.54) is 11.1 Å². The molecule has 0 saturated heterocycles. The van der Waals surface area contributed by atoms with Gasteiger partial charge in [-0.05, 0) is 28.3 Å². The minimum absolute atomic E-state index is 0.144. The predicted molar refractivity (Wildman–Crippen MR) is 115 cm³/mol. The molecule has 4 nitrogen and oxygen atoms in total. The molecule has 2 heterocycles. The second-order valence-electron chi connectivity index (χ2n) is 6.90. The summed E-state index contributed by atoms with van der Waals surface area (Å²) in [5, 5.41) is 1.97. The van der Waals surface area contributed by atoms with Crippen molar-refractivity contribution < 1.29 is 0 Å². The maximum atomic E-state index is 5.94. The lowest BCUT2D eigenvalue weighted by atomic mass is 9.94. The van der Waals surface area contributed by atoms with Crippen molar-refractivity contribution in [2.24, 2.45) is 10.7 Å². The van der Waals surface area contributed by atoms with Gasteiger partial charge >= 0.3 is 0 Å². The Bertz CT molecular complexity index is 1080. The molecule has 4 heteroatoms. The zero-order valence-corrected chi connectivity index (χ0v) is 15.3. The average molecular weight is 364 g/mol. The quantitative estimate of drug-likeness (QED) is 0.730. The van der Waals surface area contributed by atoms with Gasteiger partial charge in [-0.3, -0.25) is 10.4 Å². The fourth-order valence-electron chi connectivity index (χ4n) is 3.67. The van der Waals surface area contributed by atoms with Crippen molar-refractivity contribution in [3.05, 3.63) is 108 Å². The molecular formula is C24H20N4. The molecule has 0 radical (unpaired) electrons. The van der Waals surface area contributed by atoms with Crippen molar-refractivity contribution in [1.82, 2.24) is 10.4 Å². The van der Waals surface area contributed by atoms with E-state index in [2.05, 4.69) is 83.4 Å². The summed E-state index contributed by atoms with van der Waals surface area (Å²) in [6, 6.07) is 29.4. The highest BCUT2D eigenvalue weighted by molar-refractivity contribution is 5.91. The molecule has 136 valence electrons. The fraction of sp³-hybridized carbons (Fsp3) is 0.0417. The van der Waals surface area contributed by atoms with Gasteiger partial charge in [-0.25, -0.2) is 4.99 Å². The van der Waals surface area contributed by atoms with Gasteiger partial charge in [0.05, 0.1) is 0 Å². The highest BCUT2D eigenvalue weighted by Gasteiger charge is 2.30. The van der Waals surface area contributed by atoms with Gasteiger partial charge in [-0.2, -0.15) is 0 Å². The molecule has 28 heavy (non-hydrogen) atoms. The van der Waals surface area contributed by atoms with E-state index in [0.717, 1.165) is 22.3 Å². The molecule has 2 aliphatic rings. The number of benzene rings is 3. The molecule has 1 atom stereocenters. The molecule has 0 saturated carbocycles. The first-order chi connectivity index (χ1) is 13.8. The second-order valence-corrected chi connectivity index (χ2v) is 6.90. The molecule has 0 spiro atoms. The zero-order chi connectivity index (χ0) is 18.9. The number of aliphatic imine (C=N–C) groups is 1. The van der Waals surface area contributed by atoms with Crippen LogP contribution in [0.1, 0.15) is 11.1 Å². The summed E-state index contributed by atoms with van der Waals surface area (Å²) in [5.41, 5.74) is 16.0. The smallest absolute Gasteiger partial charge is 0.210 e. The third-order valence-corrected chi connectivity index (χ3v) is 5.07. The van der Waals surface area contributed by atoms with Gasteiger partial charge in [0.15, 0.2) is 6.17 Å². The van der Waals surface area contributed by atoms with Crippen LogP contribution in [0.2, 0.25) is 0 Å². The molecule has 0 aliphatic carbocycles. The zero-order valence-electron chi connectivity index (χ0n) is 15.3. The monoisotopic (exact) mass is 364 g/mol. The number of hydrogen-bond acceptors (Lipinski definition) is 4. The van der Waals surface area contributed by atoms with E-state index in [9.17, 15) is 0 Å². The van der Waals surface area contributed by atoms with Gasteiger partial charge in [-0.15, -0.1) is 0 Å². The van der Waals surface area contributed by atoms with Gasteiger partial charge in [0.1, 0.15) is 0 Å². The molecule has 0 aromatic heterocycles. The van der Waals surface area contributed by atoms with E-state index in [1.807, 2.05) is 29.3 Å². The molecule has 1 unspecified atom stereocenters. The van der Waals surface area contributed by atoms with Crippen LogP contribution in [0.15, 0.2) is 102 Å². The van der Waals surface area contributed by atoms with E-state index < -0.39 is 0 Å². The van der Waals surface area contributed by atoms with Crippen molar-refractivity contribution in [2.45, 2.75) is 6.17 Å². The summed E-state index contributed by atoms with van der Waals surface area (Å²) in [6.45, 7) is 0. The average Bonchev–Trinajstić information content (AvgIpc) is 3.14. The number of nitrogens with one attached hydrogen (secondary N) is 1. The largest absolute Gasteiger partial charge is 0.368 e. The summed E-state index contributed by atoms with van der Waals surface area (Å²) in [7, 11) is 0. The number of allylic oxidation sites excluding steroid dienone is 2. The third kappa shape index (κ3) is 2.95. The fourth-order valence-corrected chi connectivity index (χ4v) is 3.67. The molecule has 3 aromatic carbocycles. The Balaban J connectivity index is 1.53. The Morgan fingerprint density at radius 2 is 1.29 bits per heavy atom. The van der Waals surface area contributed by atoms with Crippen LogP contribution in [0.25, 0.3) is 22.3 Å². The summed E-state index contributed by atoms with van der Waals surface area (Å²) >= 11 is 0. The predicted octanol–water partition coefficient (Wildman–Crippen LogP) is 4.25. The van der Waals surface area contributed by atoms with Crippen LogP contribution in [0.5, 0.6) is 0 Å². The van der Waals surface area contributed by atoms with E-state index in [4.69, 9.17) is 5.73 Å². The summed E-state index contributed by atoms with van der Waals surface area (Å²) < 4.78 is 0. The minimum Gasteiger partial charge on any atom is -0.368 e. The number of hydrazine groups is 1. The number of nitrogens with zero attached hydrogens (tertiary/aromatic N) is 2. The topological polar surface area (TPSA) is 53.6 Å². The van der Waals surface area contributed by atoms with Gasteiger partial charge < -0.3 is 5.73 Å². The molecule has 0 amide bonds. The van der Waals surface area contributed by atoms with E-state index in [1.54, 1.807) is 0 Å². The molecule has 2 aliphatic heterocycles. The van der Waals surface area contributed by atoms with Crippen LogP contribution in [-0.2, 0) is 0 Å². The highest BCUT2D eigenvalue weighted by Crippen LogP contribution is 2.34. The van der Waals surface area contributed by atoms with Crippen LogP contribution in [0, 0.1) is 0 Å². The number of rotatable bonds is 3. The minimum atomic E-state index is -0.144. The lowest BCUT2D eigenvalue weighted by molar-refractivity contribution is 0.323. The summed E-state index contributed by atoms with van der Waals surface area (Å²) in [4.78, 5) is 4.55. The van der Waals surface area contributed by atoms with Crippen molar-refractivity contribution in [1.29, 1.82) is 0 Å². The number of hydrogen-bond donors (Lipinski definition) is 2. The summed E-state index contributed by atoms with van der Waals surface area (Å²) in [6.07, 6.45) is 4.13. The van der Waals surface area contributed by atoms with E-state index >= 15 is 0 Å². The Kier molecular flexibility index (Phi) is 3.95. The number of nitrogens with two attached hydrogens (primary N) is 1. The first-order valence-electron chi connectivity index (χ1n) is 9.31. The van der Waals surface area contributed by atoms with Crippen molar-refractivity contribution >= 4 is 17.1 Å². The van der Waals surface area contributed by atoms with Gasteiger partial charge in [0, 0.05) is 17.3 Å². The molecule has 3 aromatic rings. The third-order valence-electron chi connectivity index (χ3n) is 5.07. The number of guanidine groups is 1. The first-order valence-corrected chi connectivity index (χ1v) is 9.31. The lowest BCUT2D eigenvalue weighted by Crippen LogP contribution is -2.41. The normalized spacial score (nSPS) is 17.9. The van der Waals surface area contributed by atoms with E-state index in [0.29, 0.717) is 5.96 Å². The van der Waals surface area contributed by atoms with Crippen LogP contribution >= 0.6 is 0 Å². The Morgan fingerprint density at radius 1 is 0.714 bits per heavy atom. The maximum Gasteiger partial charge on any atom is 0.210 e. The van der Waals surface area contributed by atoms with Crippen LogP contribution in [0.4, 0.5) is 0 Å². The number of fused-ring (bicyclic) bond motifs is 1. The van der Waals surface area contributed by atoms with Gasteiger partial charge in [-0.1, -0.05) is 84.9 Å².